The second kappa shape index (κ2) is 13.6. The van der Waals surface area contributed by atoms with Gasteiger partial charge in [-0.15, -0.1) is 0 Å². The summed E-state index contributed by atoms with van der Waals surface area (Å²) in [4.78, 5) is 2.38. The number of rotatable bonds is 6. The third-order valence-corrected chi connectivity index (χ3v) is 12.6. The fraction of sp³-hybridized carbons (Fsp3) is 0. The first-order valence-corrected chi connectivity index (χ1v) is 21.1. The first kappa shape index (κ1) is 34.5. The Morgan fingerprint density at radius 2 is 0.903 bits per heavy atom. The van der Waals surface area contributed by atoms with Crippen LogP contribution >= 0.6 is 0 Å². The summed E-state index contributed by atoms with van der Waals surface area (Å²) in [5, 5.41) is 9.26. The third-order valence-electron chi connectivity index (χ3n) is 12.6. The van der Waals surface area contributed by atoms with Gasteiger partial charge in [-0.1, -0.05) is 140 Å². The van der Waals surface area contributed by atoms with Gasteiger partial charge in [0.1, 0.15) is 22.3 Å². The van der Waals surface area contributed by atoms with E-state index in [0.29, 0.717) is 0 Å². The van der Waals surface area contributed by atoms with E-state index in [9.17, 15) is 0 Å². The number of anilines is 3. The quantitative estimate of drug-likeness (QED) is 0.168. The highest BCUT2D eigenvalue weighted by molar-refractivity contribution is 6.16. The van der Waals surface area contributed by atoms with Gasteiger partial charge in [-0.3, -0.25) is 0 Å². The minimum Gasteiger partial charge on any atom is -0.455 e. The van der Waals surface area contributed by atoms with Crippen molar-refractivity contribution in [2.45, 2.75) is 0 Å². The second-order valence-corrected chi connectivity index (χ2v) is 16.0. The lowest BCUT2D eigenvalue weighted by Gasteiger charge is -2.28. The molecule has 0 bridgehead atoms. The van der Waals surface area contributed by atoms with Crippen molar-refractivity contribution in [3.05, 3.63) is 218 Å². The van der Waals surface area contributed by atoms with Crippen LogP contribution in [0, 0.1) is 0 Å². The zero-order chi connectivity index (χ0) is 40.7. The van der Waals surface area contributed by atoms with E-state index < -0.39 is 0 Å². The lowest BCUT2D eigenvalue weighted by Crippen LogP contribution is -2.11. The SMILES string of the molecule is c1ccc(N(c2ccc(-c3cccc4c3oc3ccccc34)cc2)c2ccc(-n3c4ccccc4c4ccccc43)cc2)c(-c2ccc3oc4c5ccccc5ccc4c3c2)c1. The molecule has 290 valence electrons. The summed E-state index contributed by atoms with van der Waals surface area (Å²) in [7, 11) is 0. The summed E-state index contributed by atoms with van der Waals surface area (Å²) in [6, 6.07) is 78.0. The van der Waals surface area contributed by atoms with Gasteiger partial charge in [0.05, 0.1) is 16.7 Å². The van der Waals surface area contributed by atoms with E-state index in [2.05, 4.69) is 216 Å². The molecule has 4 nitrogen and oxygen atoms in total. The average Bonchev–Trinajstić information content (AvgIpc) is 4.02. The first-order chi connectivity index (χ1) is 30.7. The fourth-order valence-corrected chi connectivity index (χ4v) is 9.73. The smallest absolute Gasteiger partial charge is 0.143 e. The van der Waals surface area contributed by atoms with Crippen LogP contribution in [0.3, 0.4) is 0 Å². The number of hydrogen-bond acceptors (Lipinski definition) is 3. The zero-order valence-electron chi connectivity index (χ0n) is 33.5. The predicted molar refractivity (Wildman–Crippen MR) is 258 cm³/mol. The molecule has 0 amide bonds. The van der Waals surface area contributed by atoms with Crippen LogP contribution in [0.4, 0.5) is 17.1 Å². The Bertz CT molecular complexity index is 3810. The summed E-state index contributed by atoms with van der Waals surface area (Å²) in [5.74, 6) is 0. The van der Waals surface area contributed by atoms with Crippen molar-refractivity contribution in [2.24, 2.45) is 0 Å². The number of furan rings is 2. The van der Waals surface area contributed by atoms with Crippen LogP contribution in [0.15, 0.2) is 227 Å². The summed E-state index contributed by atoms with van der Waals surface area (Å²) in [5.41, 5.74) is 14.7. The molecule has 0 aliphatic carbocycles. The van der Waals surface area contributed by atoms with Crippen molar-refractivity contribution in [3.63, 3.8) is 0 Å². The maximum absolute atomic E-state index is 6.54. The molecule has 0 aliphatic rings. The van der Waals surface area contributed by atoms with Gasteiger partial charge in [-0.2, -0.15) is 0 Å². The molecular formula is C58H36N2O2. The Hall–Kier alpha value is -8.34. The Labute approximate surface area is 356 Å². The lowest BCUT2D eigenvalue weighted by atomic mass is 9.98. The van der Waals surface area contributed by atoms with Crippen LogP contribution in [-0.4, -0.2) is 4.57 Å². The van der Waals surface area contributed by atoms with E-state index in [-0.39, 0.29) is 0 Å². The van der Waals surface area contributed by atoms with Crippen molar-refractivity contribution in [1.29, 1.82) is 0 Å². The molecule has 0 radical (unpaired) electrons. The van der Waals surface area contributed by atoms with E-state index in [1.807, 2.05) is 12.1 Å². The molecule has 62 heavy (non-hydrogen) atoms. The molecule has 3 heterocycles. The topological polar surface area (TPSA) is 34.5 Å². The van der Waals surface area contributed by atoms with Crippen LogP contribution in [0.1, 0.15) is 0 Å². The number of aromatic nitrogens is 1. The summed E-state index contributed by atoms with van der Waals surface area (Å²) < 4.78 is 15.4. The highest BCUT2D eigenvalue weighted by Crippen LogP contribution is 2.45. The lowest BCUT2D eigenvalue weighted by molar-refractivity contribution is 0.670. The van der Waals surface area contributed by atoms with Crippen LogP contribution in [0.5, 0.6) is 0 Å². The second-order valence-electron chi connectivity index (χ2n) is 16.0. The van der Waals surface area contributed by atoms with E-state index in [4.69, 9.17) is 8.83 Å². The minimum atomic E-state index is 0.880. The maximum atomic E-state index is 6.54. The van der Waals surface area contributed by atoms with Gasteiger partial charge in [0.25, 0.3) is 0 Å². The van der Waals surface area contributed by atoms with E-state index >= 15 is 0 Å². The molecule has 4 heteroatoms. The summed E-state index contributed by atoms with van der Waals surface area (Å²) in [6.45, 7) is 0. The maximum Gasteiger partial charge on any atom is 0.143 e. The minimum absolute atomic E-state index is 0.880. The fourth-order valence-electron chi connectivity index (χ4n) is 9.73. The molecule has 0 unspecified atom stereocenters. The highest BCUT2D eigenvalue weighted by atomic mass is 16.3. The Morgan fingerprint density at radius 1 is 0.339 bits per heavy atom. The van der Waals surface area contributed by atoms with Gasteiger partial charge in [0, 0.05) is 65.9 Å². The molecule has 13 rings (SSSR count). The van der Waals surface area contributed by atoms with Gasteiger partial charge in [0.15, 0.2) is 0 Å². The van der Waals surface area contributed by atoms with Crippen molar-refractivity contribution in [1.82, 2.24) is 4.57 Å². The molecule has 0 fully saturated rings. The standard InChI is InChI=1S/C58H36N2O2/c1-2-14-44-37(12-1)26-34-50-51-36-39(27-35-56(51)62-58(44)50)43-13-3-7-20-52(43)59(40-28-24-38(25-29-40)45-18-11-19-49-48-17-6-10-23-55(48)61-57(45)49)41-30-32-42(33-31-41)60-53-21-8-4-15-46(53)47-16-5-9-22-54(47)60/h1-36H. The Balaban J connectivity index is 0.972. The number of para-hydroxylation sites is 5. The van der Waals surface area contributed by atoms with E-state index in [0.717, 1.165) is 94.3 Å². The van der Waals surface area contributed by atoms with Crippen LogP contribution in [0.25, 0.3) is 104 Å². The van der Waals surface area contributed by atoms with Gasteiger partial charge in [-0.25, -0.2) is 0 Å². The molecule has 0 spiro atoms. The number of hydrogen-bond donors (Lipinski definition) is 0. The van der Waals surface area contributed by atoms with Gasteiger partial charge < -0.3 is 18.3 Å². The molecule has 3 aromatic heterocycles. The third kappa shape index (κ3) is 5.27. The van der Waals surface area contributed by atoms with Crippen molar-refractivity contribution >= 4 is 93.5 Å². The van der Waals surface area contributed by atoms with Gasteiger partial charge in [0.2, 0.25) is 0 Å². The molecule has 0 saturated heterocycles. The highest BCUT2D eigenvalue weighted by Gasteiger charge is 2.21. The van der Waals surface area contributed by atoms with Crippen LogP contribution < -0.4 is 4.90 Å². The van der Waals surface area contributed by atoms with Crippen molar-refractivity contribution in [3.8, 4) is 27.9 Å². The van der Waals surface area contributed by atoms with E-state index in [1.165, 1.54) is 27.2 Å². The predicted octanol–water partition coefficient (Wildman–Crippen LogP) is 16.5. The zero-order valence-corrected chi connectivity index (χ0v) is 33.5. The number of fused-ring (bicyclic) bond motifs is 11. The monoisotopic (exact) mass is 792 g/mol. The number of nitrogens with zero attached hydrogens (tertiary/aromatic N) is 2. The normalized spacial score (nSPS) is 11.9. The van der Waals surface area contributed by atoms with Gasteiger partial charge >= 0.3 is 0 Å². The molecule has 0 atom stereocenters. The summed E-state index contributed by atoms with van der Waals surface area (Å²) >= 11 is 0. The molecule has 10 aromatic carbocycles. The van der Waals surface area contributed by atoms with Crippen LogP contribution in [0.2, 0.25) is 0 Å². The average molecular weight is 793 g/mol. The Morgan fingerprint density at radius 3 is 1.69 bits per heavy atom. The first-order valence-electron chi connectivity index (χ1n) is 21.1. The Kier molecular flexibility index (Phi) is 7.57. The van der Waals surface area contributed by atoms with Gasteiger partial charge in [-0.05, 0) is 95.4 Å². The molecule has 0 saturated carbocycles. The van der Waals surface area contributed by atoms with Crippen molar-refractivity contribution < 1.29 is 8.83 Å². The van der Waals surface area contributed by atoms with Crippen LogP contribution in [-0.2, 0) is 0 Å². The van der Waals surface area contributed by atoms with E-state index in [1.54, 1.807) is 0 Å². The molecule has 0 aliphatic heterocycles. The van der Waals surface area contributed by atoms with Crippen molar-refractivity contribution in [2.75, 3.05) is 4.90 Å². The number of benzene rings is 10. The largest absolute Gasteiger partial charge is 0.455 e. The molecule has 13 aromatic rings. The summed E-state index contributed by atoms with van der Waals surface area (Å²) in [6.07, 6.45) is 0. The molecule has 0 N–H and O–H groups in total. The molecular weight excluding hydrogens is 757 g/mol.